The first-order valence-corrected chi connectivity index (χ1v) is 10.9. The Morgan fingerprint density at radius 1 is 1.13 bits per heavy atom. The van der Waals surface area contributed by atoms with Crippen LogP contribution in [0.15, 0.2) is 30.5 Å². The maximum atomic E-state index is 13.4. The smallest absolute Gasteiger partial charge is 0.245 e. The second-order valence-electron chi connectivity index (χ2n) is 8.98. The number of carbonyl (C=O) groups excluding carboxylic acids is 3. The molecule has 1 aromatic carbocycles. The summed E-state index contributed by atoms with van der Waals surface area (Å²) in [7, 11) is 0. The molecule has 0 saturated carbocycles. The minimum Gasteiger partial charge on any atom is -0.344 e. The standard InChI is InChI=1S/C24H33N3O3/c1-15(2)22(25-23(29)16(3)4)24(30)26-12-8-9-19(26)13-18-14-27(17(5)28)21-11-7-6-10-20(18)21/h6-7,10-11,14-16,19,22H,8-9,12-13H2,1-5H3,(H,25,29)/t19-,22-/m0/s1. The monoisotopic (exact) mass is 411 g/mol. The van der Waals surface area contributed by atoms with Crippen LogP contribution in [-0.2, 0) is 16.0 Å². The summed E-state index contributed by atoms with van der Waals surface area (Å²) in [6.45, 7) is 9.87. The molecule has 0 radical (unpaired) electrons. The van der Waals surface area contributed by atoms with Gasteiger partial charge in [-0.15, -0.1) is 0 Å². The fourth-order valence-corrected chi connectivity index (χ4v) is 4.28. The van der Waals surface area contributed by atoms with Crippen molar-refractivity contribution in [3.63, 3.8) is 0 Å². The Morgan fingerprint density at radius 2 is 1.83 bits per heavy atom. The number of likely N-dealkylation sites (tertiary alicyclic amines) is 1. The molecule has 6 heteroatoms. The Bertz CT molecular complexity index is 944. The SMILES string of the molecule is CC(=O)n1cc(C[C@@H]2CCCN2C(=O)[C@@H](NC(=O)C(C)C)C(C)C)c2ccccc21. The summed E-state index contributed by atoms with van der Waals surface area (Å²) in [4.78, 5) is 39.6. The lowest BCUT2D eigenvalue weighted by Crippen LogP contribution is -2.53. The molecule has 2 atom stereocenters. The highest BCUT2D eigenvalue weighted by atomic mass is 16.2. The molecule has 6 nitrogen and oxygen atoms in total. The highest BCUT2D eigenvalue weighted by Gasteiger charge is 2.36. The van der Waals surface area contributed by atoms with Crippen molar-refractivity contribution in [1.82, 2.24) is 14.8 Å². The van der Waals surface area contributed by atoms with Gasteiger partial charge in [-0.3, -0.25) is 19.0 Å². The average Bonchev–Trinajstić information content (AvgIpc) is 3.30. The number of hydrogen-bond acceptors (Lipinski definition) is 3. The van der Waals surface area contributed by atoms with E-state index in [9.17, 15) is 14.4 Å². The molecule has 1 saturated heterocycles. The highest BCUT2D eigenvalue weighted by molar-refractivity contribution is 5.94. The Labute approximate surface area is 178 Å². The number of benzene rings is 1. The van der Waals surface area contributed by atoms with E-state index in [0.29, 0.717) is 13.0 Å². The summed E-state index contributed by atoms with van der Waals surface area (Å²) in [5.41, 5.74) is 1.98. The zero-order valence-electron chi connectivity index (χ0n) is 18.6. The van der Waals surface area contributed by atoms with Gasteiger partial charge in [0.05, 0.1) is 5.52 Å². The molecule has 0 unspecified atom stereocenters. The Balaban J connectivity index is 1.84. The van der Waals surface area contributed by atoms with Crippen LogP contribution in [0.5, 0.6) is 0 Å². The summed E-state index contributed by atoms with van der Waals surface area (Å²) < 4.78 is 1.69. The van der Waals surface area contributed by atoms with Gasteiger partial charge < -0.3 is 10.2 Å². The minimum absolute atomic E-state index is 0.00296. The van der Waals surface area contributed by atoms with E-state index in [4.69, 9.17) is 0 Å². The van der Waals surface area contributed by atoms with Gasteiger partial charge in [0.2, 0.25) is 17.7 Å². The van der Waals surface area contributed by atoms with Crippen LogP contribution in [-0.4, -0.2) is 45.8 Å². The topological polar surface area (TPSA) is 71.4 Å². The number of nitrogens with zero attached hydrogens (tertiary/aromatic N) is 2. The van der Waals surface area contributed by atoms with Crippen LogP contribution in [0, 0.1) is 11.8 Å². The van der Waals surface area contributed by atoms with Crippen LogP contribution >= 0.6 is 0 Å². The van der Waals surface area contributed by atoms with Crippen molar-refractivity contribution in [2.45, 2.75) is 66.0 Å². The summed E-state index contributed by atoms with van der Waals surface area (Å²) in [5.74, 6) is -0.264. The summed E-state index contributed by atoms with van der Waals surface area (Å²) in [6, 6.07) is 7.45. The van der Waals surface area contributed by atoms with Gasteiger partial charge in [-0.25, -0.2) is 0 Å². The molecule has 1 aromatic heterocycles. The molecule has 0 aliphatic carbocycles. The zero-order valence-corrected chi connectivity index (χ0v) is 18.6. The number of carbonyl (C=O) groups is 3. The normalized spacial score (nSPS) is 17.7. The molecule has 3 rings (SSSR count). The van der Waals surface area contributed by atoms with Crippen molar-refractivity contribution in [3.8, 4) is 0 Å². The summed E-state index contributed by atoms with van der Waals surface area (Å²) in [6.07, 6.45) is 4.49. The van der Waals surface area contributed by atoms with E-state index in [1.54, 1.807) is 11.5 Å². The van der Waals surface area contributed by atoms with Gasteiger partial charge in [-0.2, -0.15) is 0 Å². The molecule has 1 aliphatic rings. The van der Waals surface area contributed by atoms with Crippen molar-refractivity contribution < 1.29 is 14.4 Å². The number of hydrogen-bond donors (Lipinski definition) is 1. The molecular weight excluding hydrogens is 378 g/mol. The first-order valence-electron chi connectivity index (χ1n) is 10.9. The Morgan fingerprint density at radius 3 is 2.47 bits per heavy atom. The second-order valence-corrected chi connectivity index (χ2v) is 8.98. The summed E-state index contributed by atoms with van der Waals surface area (Å²) in [5, 5.41) is 4.00. The molecule has 1 aliphatic heterocycles. The van der Waals surface area contributed by atoms with Crippen LogP contribution in [0.2, 0.25) is 0 Å². The van der Waals surface area contributed by atoms with Crippen molar-refractivity contribution in [3.05, 3.63) is 36.0 Å². The van der Waals surface area contributed by atoms with Crippen LogP contribution in [0.4, 0.5) is 0 Å². The molecule has 1 N–H and O–H groups in total. The Kier molecular flexibility index (Phi) is 6.64. The quantitative estimate of drug-likeness (QED) is 0.789. The van der Waals surface area contributed by atoms with Crippen LogP contribution in [0.3, 0.4) is 0 Å². The van der Waals surface area contributed by atoms with Gasteiger partial charge in [0.1, 0.15) is 6.04 Å². The Hall–Kier alpha value is -2.63. The molecule has 1 fully saturated rings. The minimum atomic E-state index is -0.515. The number of nitrogens with one attached hydrogen (secondary N) is 1. The highest BCUT2D eigenvalue weighted by Crippen LogP contribution is 2.28. The van der Waals surface area contributed by atoms with E-state index in [1.807, 2.05) is 63.1 Å². The lowest BCUT2D eigenvalue weighted by atomic mass is 9.99. The van der Waals surface area contributed by atoms with E-state index in [-0.39, 0.29) is 35.6 Å². The molecule has 2 heterocycles. The maximum absolute atomic E-state index is 13.4. The lowest BCUT2D eigenvalue weighted by Gasteiger charge is -2.31. The number of para-hydroxylation sites is 1. The molecular formula is C24H33N3O3. The number of rotatable bonds is 6. The van der Waals surface area contributed by atoms with Crippen molar-refractivity contribution in [2.24, 2.45) is 11.8 Å². The van der Waals surface area contributed by atoms with Crippen LogP contribution < -0.4 is 5.32 Å². The predicted octanol–water partition coefficient (Wildman–Crippen LogP) is 3.63. The van der Waals surface area contributed by atoms with E-state index < -0.39 is 6.04 Å². The number of fused-ring (bicyclic) bond motifs is 1. The largest absolute Gasteiger partial charge is 0.344 e. The zero-order chi connectivity index (χ0) is 22.0. The lowest BCUT2D eigenvalue weighted by molar-refractivity contribution is -0.139. The second kappa shape index (κ2) is 9.02. The van der Waals surface area contributed by atoms with Crippen molar-refractivity contribution in [1.29, 1.82) is 0 Å². The van der Waals surface area contributed by atoms with Gasteiger partial charge >= 0.3 is 0 Å². The van der Waals surface area contributed by atoms with E-state index >= 15 is 0 Å². The van der Waals surface area contributed by atoms with Crippen molar-refractivity contribution in [2.75, 3.05) is 6.54 Å². The number of amides is 2. The predicted molar refractivity (Wildman–Crippen MR) is 118 cm³/mol. The maximum Gasteiger partial charge on any atom is 0.245 e. The molecule has 162 valence electrons. The average molecular weight is 412 g/mol. The van der Waals surface area contributed by atoms with E-state index in [1.165, 1.54) is 0 Å². The van der Waals surface area contributed by atoms with Crippen LogP contribution in [0.1, 0.15) is 57.8 Å². The van der Waals surface area contributed by atoms with Gasteiger partial charge in [0.25, 0.3) is 0 Å². The molecule has 30 heavy (non-hydrogen) atoms. The third-order valence-corrected chi connectivity index (χ3v) is 6.00. The van der Waals surface area contributed by atoms with E-state index in [0.717, 1.165) is 29.3 Å². The van der Waals surface area contributed by atoms with Gasteiger partial charge in [-0.1, -0.05) is 45.9 Å². The van der Waals surface area contributed by atoms with Crippen molar-refractivity contribution >= 4 is 28.6 Å². The van der Waals surface area contributed by atoms with Crippen LogP contribution in [0.25, 0.3) is 10.9 Å². The first-order chi connectivity index (χ1) is 14.2. The fraction of sp³-hybridized carbons (Fsp3) is 0.542. The molecule has 2 aromatic rings. The first kappa shape index (κ1) is 22.1. The third kappa shape index (κ3) is 4.42. The third-order valence-electron chi connectivity index (χ3n) is 6.00. The van der Waals surface area contributed by atoms with E-state index in [2.05, 4.69) is 5.32 Å². The van der Waals surface area contributed by atoms with Gasteiger partial charge in [-0.05, 0) is 36.8 Å². The fourth-order valence-electron chi connectivity index (χ4n) is 4.28. The molecule has 0 bridgehead atoms. The summed E-state index contributed by atoms with van der Waals surface area (Å²) >= 11 is 0. The van der Waals surface area contributed by atoms with Gasteiger partial charge in [0.15, 0.2) is 0 Å². The molecule has 0 spiro atoms. The number of aromatic nitrogens is 1. The molecule has 2 amide bonds. The van der Waals surface area contributed by atoms with Gasteiger partial charge in [0, 0.05) is 37.0 Å².